The van der Waals surface area contributed by atoms with Crippen LogP contribution in [0.4, 0.5) is 0 Å². The molecule has 0 aromatic carbocycles. The lowest BCUT2D eigenvalue weighted by Gasteiger charge is -2.33. The molecule has 2 aliphatic rings. The van der Waals surface area contributed by atoms with Crippen molar-refractivity contribution in [2.24, 2.45) is 0 Å². The molecule has 8 nitrogen and oxygen atoms in total. The van der Waals surface area contributed by atoms with Crippen molar-refractivity contribution in [1.29, 1.82) is 0 Å². The van der Waals surface area contributed by atoms with E-state index in [1.54, 1.807) is 7.11 Å². The average Bonchev–Trinajstić information content (AvgIpc) is 3.35. The Hall–Kier alpha value is -1.99. The van der Waals surface area contributed by atoms with E-state index in [4.69, 9.17) is 20.6 Å². The monoisotopic (exact) mass is 477 g/mol. The van der Waals surface area contributed by atoms with Gasteiger partial charge in [0.15, 0.2) is 0 Å². The van der Waals surface area contributed by atoms with Gasteiger partial charge in [0.1, 0.15) is 17.8 Å². The highest BCUT2D eigenvalue weighted by molar-refractivity contribution is 7.09. The molecule has 2 heterocycles. The largest absolute Gasteiger partial charge is 0.382 e. The summed E-state index contributed by atoms with van der Waals surface area (Å²) in [5.74, 6) is 2.88. The van der Waals surface area contributed by atoms with Crippen molar-refractivity contribution in [1.82, 2.24) is 15.2 Å². The lowest BCUT2D eigenvalue weighted by Crippen LogP contribution is -2.48. The van der Waals surface area contributed by atoms with Crippen molar-refractivity contribution in [3.8, 4) is 12.3 Å². The van der Waals surface area contributed by atoms with E-state index >= 15 is 0 Å². The van der Waals surface area contributed by atoms with E-state index in [1.165, 1.54) is 11.3 Å². The van der Waals surface area contributed by atoms with Crippen LogP contribution in [-0.2, 0) is 19.0 Å². The minimum absolute atomic E-state index is 0.00314. The molecule has 1 saturated carbocycles. The third-order valence-corrected chi connectivity index (χ3v) is 7.32. The summed E-state index contributed by atoms with van der Waals surface area (Å²) in [6.07, 6.45) is 12.3. The molecule has 0 radical (unpaired) electrons. The molecule has 1 saturated heterocycles. The first kappa shape index (κ1) is 25.6. The molecule has 0 atom stereocenters. The van der Waals surface area contributed by atoms with Gasteiger partial charge >= 0.3 is 0 Å². The number of likely N-dealkylation sites (tertiary alicyclic amines) is 1. The molecule has 33 heavy (non-hydrogen) atoms. The summed E-state index contributed by atoms with van der Waals surface area (Å²) < 4.78 is 15.6. The Morgan fingerprint density at radius 2 is 1.88 bits per heavy atom. The summed E-state index contributed by atoms with van der Waals surface area (Å²) in [5.41, 5.74) is -0.0991. The molecule has 0 bridgehead atoms. The van der Waals surface area contributed by atoms with Gasteiger partial charge < -0.3 is 24.4 Å². The zero-order valence-electron chi connectivity index (χ0n) is 19.5. The second-order valence-electron chi connectivity index (χ2n) is 8.63. The van der Waals surface area contributed by atoms with E-state index in [0.29, 0.717) is 45.2 Å². The number of rotatable bonds is 11. The predicted octanol–water partition coefficient (Wildman–Crippen LogP) is 2.59. The van der Waals surface area contributed by atoms with Gasteiger partial charge in [-0.15, -0.1) is 17.8 Å². The van der Waals surface area contributed by atoms with E-state index in [-0.39, 0.29) is 24.3 Å². The first-order chi connectivity index (χ1) is 16.1. The number of carbonyl (C=O) groups is 2. The highest BCUT2D eigenvalue weighted by Gasteiger charge is 2.33. The van der Waals surface area contributed by atoms with Crippen molar-refractivity contribution in [3.63, 3.8) is 0 Å². The van der Waals surface area contributed by atoms with Crippen LogP contribution < -0.4 is 5.32 Å². The number of nitrogens with zero attached hydrogens (tertiary/aromatic N) is 2. The quantitative estimate of drug-likeness (QED) is 0.389. The molecule has 2 fully saturated rings. The minimum Gasteiger partial charge on any atom is -0.382 e. The van der Waals surface area contributed by atoms with E-state index < -0.39 is 5.54 Å². The Balaban J connectivity index is 1.40. The number of piperidine rings is 1. The molecule has 1 aromatic heterocycles. The topological polar surface area (TPSA) is 90.0 Å². The maximum Gasteiger partial charge on any atom is 0.271 e. The van der Waals surface area contributed by atoms with Crippen LogP contribution in [-0.4, -0.2) is 80.5 Å². The summed E-state index contributed by atoms with van der Waals surface area (Å²) in [6, 6.07) is 0. The van der Waals surface area contributed by atoms with E-state index in [2.05, 4.69) is 16.2 Å². The Morgan fingerprint density at radius 1 is 1.18 bits per heavy atom. The summed E-state index contributed by atoms with van der Waals surface area (Å²) in [4.78, 5) is 31.6. The van der Waals surface area contributed by atoms with Gasteiger partial charge in [0.2, 0.25) is 5.91 Å². The highest BCUT2D eigenvalue weighted by Crippen LogP contribution is 2.31. The molecular weight excluding hydrogens is 442 g/mol. The molecule has 1 aliphatic carbocycles. The van der Waals surface area contributed by atoms with Crippen LogP contribution in [0.15, 0.2) is 5.38 Å². The normalized spacial score (nSPS) is 18.6. The maximum atomic E-state index is 12.8. The molecule has 2 amide bonds. The molecule has 182 valence electrons. The first-order valence-electron chi connectivity index (χ1n) is 11.7. The number of carbonyl (C=O) groups excluding carboxylic acids is 2. The number of thiazole rings is 1. The van der Waals surface area contributed by atoms with Gasteiger partial charge in [-0.25, -0.2) is 4.98 Å². The van der Waals surface area contributed by atoms with Crippen molar-refractivity contribution >= 4 is 23.2 Å². The zero-order chi connectivity index (χ0) is 23.5. The van der Waals surface area contributed by atoms with Crippen LogP contribution in [0.3, 0.4) is 0 Å². The van der Waals surface area contributed by atoms with E-state index in [9.17, 15) is 9.59 Å². The number of methoxy groups -OCH3 is 1. The van der Waals surface area contributed by atoms with Crippen LogP contribution in [0, 0.1) is 12.3 Å². The zero-order valence-corrected chi connectivity index (χ0v) is 20.3. The molecule has 1 N–H and O–H groups in total. The molecule has 0 unspecified atom stereocenters. The second-order valence-corrected chi connectivity index (χ2v) is 9.51. The number of terminal acetylenes is 1. The standard InChI is InChI=1S/C24H35N3O5S/c1-3-24(9-5-4-6-10-24)26-22(29)20-18-33-23(25-20)19-7-11-27(12-8-19)21(28)17-32-16-15-31-14-13-30-2/h1,18-19H,4-17H2,2H3,(H,26,29). The second kappa shape index (κ2) is 13.0. The average molecular weight is 478 g/mol. The highest BCUT2D eigenvalue weighted by atomic mass is 32.1. The van der Waals surface area contributed by atoms with Crippen LogP contribution in [0.25, 0.3) is 0 Å². The lowest BCUT2D eigenvalue weighted by atomic mass is 9.82. The van der Waals surface area contributed by atoms with E-state index in [0.717, 1.165) is 50.0 Å². The first-order valence-corrected chi connectivity index (χ1v) is 12.6. The summed E-state index contributed by atoms with van der Waals surface area (Å²) in [7, 11) is 1.62. The van der Waals surface area contributed by atoms with Gasteiger partial charge in [0.25, 0.3) is 5.91 Å². The Bertz CT molecular complexity index is 807. The SMILES string of the molecule is C#CC1(NC(=O)c2csc(C3CCN(C(=O)COCCOCCOC)CC3)n2)CCCCC1. The molecule has 1 aliphatic heterocycles. The van der Waals surface area contributed by atoms with Crippen molar-refractivity contribution < 1.29 is 23.8 Å². The van der Waals surface area contributed by atoms with Gasteiger partial charge in [-0.2, -0.15) is 0 Å². The Labute approximate surface area is 200 Å². The molecule has 3 rings (SSSR count). The Morgan fingerprint density at radius 3 is 2.58 bits per heavy atom. The lowest BCUT2D eigenvalue weighted by molar-refractivity contribution is -0.137. The van der Waals surface area contributed by atoms with Crippen LogP contribution in [0.5, 0.6) is 0 Å². The fraction of sp³-hybridized carbons (Fsp3) is 0.708. The summed E-state index contributed by atoms with van der Waals surface area (Å²) in [5, 5.41) is 5.83. The van der Waals surface area contributed by atoms with Gasteiger partial charge in [-0.3, -0.25) is 9.59 Å². The predicted molar refractivity (Wildman–Crippen MR) is 126 cm³/mol. The van der Waals surface area contributed by atoms with Crippen LogP contribution in [0.2, 0.25) is 0 Å². The number of hydrogen-bond acceptors (Lipinski definition) is 7. The number of nitrogens with one attached hydrogen (secondary N) is 1. The van der Waals surface area contributed by atoms with Gasteiger partial charge in [0.05, 0.1) is 31.4 Å². The summed E-state index contributed by atoms with van der Waals surface area (Å²) in [6.45, 7) is 3.29. The van der Waals surface area contributed by atoms with Gasteiger partial charge in [-0.05, 0) is 25.7 Å². The van der Waals surface area contributed by atoms with Crippen LogP contribution in [0.1, 0.15) is 66.4 Å². The van der Waals surface area contributed by atoms with Crippen molar-refractivity contribution in [2.45, 2.75) is 56.4 Å². The Kier molecular flexibility index (Phi) is 10.1. The fourth-order valence-electron chi connectivity index (χ4n) is 4.31. The van der Waals surface area contributed by atoms with E-state index in [1.807, 2.05) is 10.3 Å². The fourth-order valence-corrected chi connectivity index (χ4v) is 5.28. The number of hydrogen-bond donors (Lipinski definition) is 1. The third kappa shape index (κ3) is 7.51. The smallest absolute Gasteiger partial charge is 0.271 e. The number of ether oxygens (including phenoxy) is 3. The molecule has 1 aromatic rings. The van der Waals surface area contributed by atoms with Crippen LogP contribution >= 0.6 is 11.3 Å². The molecular formula is C24H35N3O5S. The van der Waals surface area contributed by atoms with Crippen molar-refractivity contribution in [2.75, 3.05) is 53.2 Å². The molecule has 0 spiro atoms. The van der Waals surface area contributed by atoms with Gasteiger partial charge in [-0.1, -0.05) is 25.2 Å². The third-order valence-electron chi connectivity index (χ3n) is 6.32. The molecule has 9 heteroatoms. The number of amides is 2. The minimum atomic E-state index is -0.539. The summed E-state index contributed by atoms with van der Waals surface area (Å²) >= 11 is 1.51. The maximum absolute atomic E-state index is 12.8. The number of aromatic nitrogens is 1. The van der Waals surface area contributed by atoms with Gasteiger partial charge in [0, 0.05) is 31.5 Å². The van der Waals surface area contributed by atoms with Crippen molar-refractivity contribution in [3.05, 3.63) is 16.1 Å².